The molecule has 0 aliphatic carbocycles. The molecule has 26 heavy (non-hydrogen) atoms. The first kappa shape index (κ1) is 17.1. The molecule has 0 radical (unpaired) electrons. The van der Waals surface area contributed by atoms with Crippen LogP contribution in [0.1, 0.15) is 5.56 Å². The Bertz CT molecular complexity index is 1110. The summed E-state index contributed by atoms with van der Waals surface area (Å²) in [5.74, 6) is 0. The number of hydrogen-bond acceptors (Lipinski definition) is 3. The van der Waals surface area contributed by atoms with E-state index in [1.807, 2.05) is 66.7 Å². The van der Waals surface area contributed by atoms with Crippen molar-refractivity contribution in [1.82, 2.24) is 9.55 Å². The first-order chi connectivity index (χ1) is 12.7. The highest BCUT2D eigenvalue weighted by Crippen LogP contribution is 2.32. The summed E-state index contributed by atoms with van der Waals surface area (Å²) in [6.07, 6.45) is 1.73. The van der Waals surface area contributed by atoms with Crippen LogP contribution in [0.2, 0.25) is 0 Å². The SMILES string of the molecule is O=c1cc(Sc2ccc(Br)cc2)c2cccnc2n1Cc1ccccc1. The van der Waals surface area contributed by atoms with Gasteiger partial charge in [-0.25, -0.2) is 4.98 Å². The molecule has 2 aromatic heterocycles. The summed E-state index contributed by atoms with van der Waals surface area (Å²) in [6, 6.07) is 23.7. The molecular formula is C21H15BrN2OS. The Hall–Kier alpha value is -2.37. The number of pyridine rings is 2. The van der Waals surface area contributed by atoms with E-state index in [0.717, 1.165) is 25.2 Å². The quantitative estimate of drug-likeness (QED) is 0.443. The fraction of sp³-hybridized carbons (Fsp3) is 0.0476. The van der Waals surface area contributed by atoms with E-state index in [4.69, 9.17) is 0 Å². The normalized spacial score (nSPS) is 11.0. The Balaban J connectivity index is 1.80. The zero-order valence-electron chi connectivity index (χ0n) is 13.8. The molecule has 0 unspecified atom stereocenters. The van der Waals surface area contributed by atoms with Crippen LogP contribution in [0, 0.1) is 0 Å². The first-order valence-corrected chi connectivity index (χ1v) is 9.77. The number of hydrogen-bond donors (Lipinski definition) is 0. The largest absolute Gasteiger partial charge is 0.288 e. The van der Waals surface area contributed by atoms with E-state index < -0.39 is 0 Å². The van der Waals surface area contributed by atoms with E-state index in [0.29, 0.717) is 12.2 Å². The molecule has 0 saturated heterocycles. The lowest BCUT2D eigenvalue weighted by atomic mass is 10.2. The van der Waals surface area contributed by atoms with Gasteiger partial charge in [0, 0.05) is 31.9 Å². The highest BCUT2D eigenvalue weighted by atomic mass is 79.9. The molecule has 0 aliphatic heterocycles. The van der Waals surface area contributed by atoms with Crippen molar-refractivity contribution in [2.75, 3.05) is 0 Å². The monoisotopic (exact) mass is 422 g/mol. The molecule has 0 aliphatic rings. The van der Waals surface area contributed by atoms with Crippen molar-refractivity contribution in [3.05, 3.63) is 99.4 Å². The summed E-state index contributed by atoms with van der Waals surface area (Å²) in [6.45, 7) is 0.510. The molecule has 128 valence electrons. The molecule has 0 amide bonds. The standard InChI is InChI=1S/C21H15BrN2OS/c22-16-8-10-17(11-9-16)26-19-13-20(25)24(14-15-5-2-1-3-6-15)21-18(19)7-4-12-23-21/h1-13H,14H2. The molecule has 0 saturated carbocycles. The van der Waals surface area contributed by atoms with Crippen LogP contribution in [0.3, 0.4) is 0 Å². The maximum Gasteiger partial charge on any atom is 0.253 e. The Labute approximate surface area is 163 Å². The fourth-order valence-electron chi connectivity index (χ4n) is 2.81. The molecular weight excluding hydrogens is 408 g/mol. The molecule has 0 spiro atoms. The van der Waals surface area contributed by atoms with Gasteiger partial charge in [-0.2, -0.15) is 0 Å². The minimum absolute atomic E-state index is 0.0420. The van der Waals surface area contributed by atoms with Crippen LogP contribution in [0.15, 0.2) is 98.1 Å². The van der Waals surface area contributed by atoms with E-state index in [2.05, 4.69) is 20.9 Å². The maximum atomic E-state index is 12.8. The van der Waals surface area contributed by atoms with Crippen LogP contribution < -0.4 is 5.56 Å². The third-order valence-corrected chi connectivity index (χ3v) is 5.65. The van der Waals surface area contributed by atoms with Gasteiger partial charge in [-0.3, -0.25) is 9.36 Å². The third kappa shape index (κ3) is 3.59. The Morgan fingerprint density at radius 3 is 2.50 bits per heavy atom. The number of benzene rings is 2. The second-order valence-corrected chi connectivity index (χ2v) is 7.88. The van der Waals surface area contributed by atoms with Gasteiger partial charge in [0.25, 0.3) is 5.56 Å². The van der Waals surface area contributed by atoms with Crippen molar-refractivity contribution in [1.29, 1.82) is 0 Å². The van der Waals surface area contributed by atoms with E-state index in [1.165, 1.54) is 0 Å². The molecule has 4 rings (SSSR count). The van der Waals surface area contributed by atoms with Crippen LogP contribution >= 0.6 is 27.7 Å². The zero-order valence-corrected chi connectivity index (χ0v) is 16.2. The van der Waals surface area contributed by atoms with Gasteiger partial charge in [0.1, 0.15) is 5.65 Å². The number of fused-ring (bicyclic) bond motifs is 1. The van der Waals surface area contributed by atoms with Crippen LogP contribution in [-0.2, 0) is 6.54 Å². The van der Waals surface area contributed by atoms with E-state index in [-0.39, 0.29) is 5.56 Å². The topological polar surface area (TPSA) is 34.9 Å². The van der Waals surface area contributed by atoms with Gasteiger partial charge in [-0.1, -0.05) is 58.0 Å². The Morgan fingerprint density at radius 1 is 0.962 bits per heavy atom. The van der Waals surface area contributed by atoms with Crippen LogP contribution in [0.25, 0.3) is 11.0 Å². The highest BCUT2D eigenvalue weighted by Gasteiger charge is 2.11. The van der Waals surface area contributed by atoms with Crippen LogP contribution in [-0.4, -0.2) is 9.55 Å². The minimum atomic E-state index is -0.0420. The predicted molar refractivity (Wildman–Crippen MR) is 110 cm³/mol. The fourth-order valence-corrected chi connectivity index (χ4v) is 4.03. The molecule has 0 atom stereocenters. The molecule has 4 aromatic rings. The van der Waals surface area contributed by atoms with Gasteiger partial charge in [0.15, 0.2) is 0 Å². The van der Waals surface area contributed by atoms with Gasteiger partial charge in [-0.15, -0.1) is 0 Å². The Kier molecular flexibility index (Phi) is 4.91. The van der Waals surface area contributed by atoms with Gasteiger partial charge < -0.3 is 0 Å². The van der Waals surface area contributed by atoms with Gasteiger partial charge in [-0.05, 0) is 42.0 Å². The van der Waals surface area contributed by atoms with E-state index in [1.54, 1.807) is 28.6 Å². The third-order valence-electron chi connectivity index (χ3n) is 4.05. The number of halogens is 1. The lowest BCUT2D eigenvalue weighted by Crippen LogP contribution is -2.21. The van der Waals surface area contributed by atoms with Gasteiger partial charge in [0.05, 0.1) is 6.54 Å². The number of nitrogens with zero attached hydrogens (tertiary/aromatic N) is 2. The summed E-state index contributed by atoms with van der Waals surface area (Å²) < 4.78 is 2.77. The average molecular weight is 423 g/mol. The van der Waals surface area contributed by atoms with Crippen molar-refractivity contribution in [2.45, 2.75) is 16.3 Å². The minimum Gasteiger partial charge on any atom is -0.288 e. The second-order valence-electron chi connectivity index (χ2n) is 5.85. The lowest BCUT2D eigenvalue weighted by Gasteiger charge is -2.12. The van der Waals surface area contributed by atoms with Crippen LogP contribution in [0.5, 0.6) is 0 Å². The summed E-state index contributed by atoms with van der Waals surface area (Å²) in [5, 5.41) is 0.982. The molecule has 0 bridgehead atoms. The molecule has 0 fully saturated rings. The summed E-state index contributed by atoms with van der Waals surface area (Å²) in [7, 11) is 0. The van der Waals surface area contributed by atoms with Crippen molar-refractivity contribution in [3.8, 4) is 0 Å². The van der Waals surface area contributed by atoms with Crippen molar-refractivity contribution in [2.24, 2.45) is 0 Å². The van der Waals surface area contributed by atoms with Gasteiger partial charge >= 0.3 is 0 Å². The highest BCUT2D eigenvalue weighted by molar-refractivity contribution is 9.10. The lowest BCUT2D eigenvalue weighted by molar-refractivity contribution is 0.779. The number of aromatic nitrogens is 2. The molecule has 2 aromatic carbocycles. The smallest absolute Gasteiger partial charge is 0.253 e. The average Bonchev–Trinajstić information content (AvgIpc) is 2.67. The zero-order chi connectivity index (χ0) is 17.9. The van der Waals surface area contributed by atoms with Crippen molar-refractivity contribution in [3.63, 3.8) is 0 Å². The molecule has 0 N–H and O–H groups in total. The number of rotatable bonds is 4. The Morgan fingerprint density at radius 2 is 1.73 bits per heavy atom. The summed E-state index contributed by atoms with van der Waals surface area (Å²) in [4.78, 5) is 19.3. The van der Waals surface area contributed by atoms with Crippen LogP contribution in [0.4, 0.5) is 0 Å². The second kappa shape index (κ2) is 7.48. The summed E-state index contributed by atoms with van der Waals surface area (Å²) in [5.41, 5.74) is 1.75. The van der Waals surface area contributed by atoms with E-state index in [9.17, 15) is 4.79 Å². The maximum absolute atomic E-state index is 12.8. The molecule has 2 heterocycles. The molecule has 3 nitrogen and oxygen atoms in total. The predicted octanol–water partition coefficient (Wildman–Crippen LogP) is 5.36. The van der Waals surface area contributed by atoms with E-state index >= 15 is 0 Å². The molecule has 5 heteroatoms. The first-order valence-electron chi connectivity index (χ1n) is 8.16. The van der Waals surface area contributed by atoms with Crippen molar-refractivity contribution < 1.29 is 0 Å². The van der Waals surface area contributed by atoms with Crippen molar-refractivity contribution >= 4 is 38.7 Å². The van der Waals surface area contributed by atoms with Gasteiger partial charge in [0.2, 0.25) is 0 Å². The summed E-state index contributed by atoms with van der Waals surface area (Å²) >= 11 is 5.03.